The number of nitrogens with one attached hydrogen (secondary N) is 1. The highest BCUT2D eigenvalue weighted by Gasteiger charge is 2.07. The standard InChI is InChI=1S/C23H21N3O3S/c1-16-8-11-19(29-16)15-25-23-13-12-21-18(5-3-7-22(21)26-23)10-9-17-4-2-6-20(14-17)30(24,27)28/h2-14H,15H2,1H3,(H,25,26)(H2,24,27,28). The van der Waals surface area contributed by atoms with Gasteiger partial charge in [0.25, 0.3) is 0 Å². The molecule has 0 aliphatic rings. The lowest BCUT2D eigenvalue weighted by molar-refractivity contribution is 0.490. The number of primary sulfonamides is 1. The van der Waals surface area contributed by atoms with Crippen LogP contribution in [0.2, 0.25) is 0 Å². The van der Waals surface area contributed by atoms with E-state index in [1.165, 1.54) is 6.07 Å². The first-order valence-electron chi connectivity index (χ1n) is 9.38. The average Bonchev–Trinajstić information content (AvgIpc) is 3.15. The van der Waals surface area contributed by atoms with E-state index in [-0.39, 0.29) is 4.90 Å². The number of rotatable bonds is 6. The Labute approximate surface area is 175 Å². The molecule has 152 valence electrons. The Hall–Kier alpha value is -3.42. The largest absolute Gasteiger partial charge is 0.465 e. The Bertz CT molecular complexity index is 1340. The molecule has 2 aromatic heterocycles. The molecule has 4 aromatic rings. The van der Waals surface area contributed by atoms with E-state index in [2.05, 4.69) is 10.3 Å². The monoisotopic (exact) mass is 419 g/mol. The molecule has 2 aromatic carbocycles. The number of benzene rings is 2. The van der Waals surface area contributed by atoms with E-state index in [0.717, 1.165) is 39.4 Å². The summed E-state index contributed by atoms with van der Waals surface area (Å²) in [5.41, 5.74) is 2.59. The third kappa shape index (κ3) is 4.59. The van der Waals surface area contributed by atoms with Crippen molar-refractivity contribution >= 4 is 38.9 Å². The summed E-state index contributed by atoms with van der Waals surface area (Å²) < 4.78 is 28.7. The van der Waals surface area contributed by atoms with Crippen LogP contribution in [0, 0.1) is 6.92 Å². The molecule has 0 amide bonds. The summed E-state index contributed by atoms with van der Waals surface area (Å²) in [5.74, 6) is 2.50. The van der Waals surface area contributed by atoms with Crippen LogP contribution in [0.15, 0.2) is 76.0 Å². The molecule has 0 aliphatic carbocycles. The minimum atomic E-state index is -3.73. The minimum absolute atomic E-state index is 0.0895. The van der Waals surface area contributed by atoms with Gasteiger partial charge < -0.3 is 9.73 Å². The second kappa shape index (κ2) is 8.14. The topological polar surface area (TPSA) is 98.2 Å². The molecule has 2 heterocycles. The lowest BCUT2D eigenvalue weighted by Crippen LogP contribution is -2.11. The Morgan fingerprint density at radius 3 is 2.63 bits per heavy atom. The van der Waals surface area contributed by atoms with E-state index < -0.39 is 10.0 Å². The predicted molar refractivity (Wildman–Crippen MR) is 119 cm³/mol. The number of furan rings is 1. The number of aryl methyl sites for hydroxylation is 1. The van der Waals surface area contributed by atoms with Gasteiger partial charge in [-0.2, -0.15) is 0 Å². The van der Waals surface area contributed by atoms with Crippen molar-refractivity contribution in [1.82, 2.24) is 4.98 Å². The Kier molecular flexibility index (Phi) is 5.39. The van der Waals surface area contributed by atoms with Gasteiger partial charge in [0.05, 0.1) is 17.0 Å². The van der Waals surface area contributed by atoms with Crippen LogP contribution in [-0.2, 0) is 16.6 Å². The molecule has 0 saturated heterocycles. The molecule has 3 N–H and O–H groups in total. The average molecular weight is 420 g/mol. The third-order valence-corrected chi connectivity index (χ3v) is 5.56. The van der Waals surface area contributed by atoms with E-state index in [0.29, 0.717) is 6.54 Å². The molecule has 0 fully saturated rings. The Balaban J connectivity index is 1.57. The number of hydrogen-bond acceptors (Lipinski definition) is 5. The Morgan fingerprint density at radius 1 is 1.03 bits per heavy atom. The molecule has 0 spiro atoms. The summed E-state index contributed by atoms with van der Waals surface area (Å²) in [7, 11) is -3.73. The second-order valence-electron chi connectivity index (χ2n) is 6.93. The van der Waals surface area contributed by atoms with Crippen molar-refractivity contribution < 1.29 is 12.8 Å². The maximum atomic E-state index is 11.5. The number of hydrogen-bond donors (Lipinski definition) is 2. The van der Waals surface area contributed by atoms with Gasteiger partial charge in [0, 0.05) is 5.39 Å². The van der Waals surface area contributed by atoms with Crippen molar-refractivity contribution in [2.75, 3.05) is 5.32 Å². The lowest BCUT2D eigenvalue weighted by Gasteiger charge is -2.07. The molecular weight excluding hydrogens is 398 g/mol. The fourth-order valence-electron chi connectivity index (χ4n) is 3.16. The summed E-state index contributed by atoms with van der Waals surface area (Å²) in [6, 6.07) is 20.2. The molecule has 0 bridgehead atoms. The molecule has 7 heteroatoms. The smallest absolute Gasteiger partial charge is 0.238 e. The predicted octanol–water partition coefficient (Wildman–Crippen LogP) is 4.57. The van der Waals surface area contributed by atoms with Crippen LogP contribution in [0.1, 0.15) is 22.6 Å². The highest BCUT2D eigenvalue weighted by molar-refractivity contribution is 7.89. The van der Waals surface area contributed by atoms with Crippen LogP contribution in [0.25, 0.3) is 23.1 Å². The number of fused-ring (bicyclic) bond motifs is 1. The number of pyridine rings is 1. The number of anilines is 1. The normalized spacial score (nSPS) is 11.9. The van der Waals surface area contributed by atoms with E-state index >= 15 is 0 Å². The van der Waals surface area contributed by atoms with Crippen molar-refractivity contribution in [3.8, 4) is 0 Å². The van der Waals surface area contributed by atoms with Gasteiger partial charge in [0.1, 0.15) is 17.3 Å². The number of aromatic nitrogens is 1. The molecule has 6 nitrogen and oxygen atoms in total. The van der Waals surface area contributed by atoms with E-state index in [1.807, 2.05) is 67.6 Å². The van der Waals surface area contributed by atoms with E-state index in [4.69, 9.17) is 9.56 Å². The van der Waals surface area contributed by atoms with Crippen molar-refractivity contribution in [3.05, 3.63) is 89.4 Å². The zero-order chi connectivity index (χ0) is 21.1. The highest BCUT2D eigenvalue weighted by atomic mass is 32.2. The van der Waals surface area contributed by atoms with Gasteiger partial charge in [-0.1, -0.05) is 36.4 Å². The van der Waals surface area contributed by atoms with Gasteiger partial charge in [-0.3, -0.25) is 0 Å². The summed E-state index contributed by atoms with van der Waals surface area (Å²) >= 11 is 0. The zero-order valence-electron chi connectivity index (χ0n) is 16.4. The van der Waals surface area contributed by atoms with Crippen molar-refractivity contribution in [2.24, 2.45) is 5.14 Å². The van der Waals surface area contributed by atoms with E-state index in [9.17, 15) is 8.42 Å². The molecule has 0 unspecified atom stereocenters. The quantitative estimate of drug-likeness (QED) is 0.446. The van der Waals surface area contributed by atoms with Crippen LogP contribution in [0.5, 0.6) is 0 Å². The first-order valence-corrected chi connectivity index (χ1v) is 10.9. The summed E-state index contributed by atoms with van der Waals surface area (Å²) in [5, 5.41) is 9.48. The summed E-state index contributed by atoms with van der Waals surface area (Å²) in [6.07, 6.45) is 3.79. The van der Waals surface area contributed by atoms with Gasteiger partial charge in [0.15, 0.2) is 0 Å². The molecular formula is C23H21N3O3S. The highest BCUT2D eigenvalue weighted by Crippen LogP contribution is 2.22. The first kappa shape index (κ1) is 19.9. The third-order valence-electron chi connectivity index (χ3n) is 4.65. The molecule has 0 atom stereocenters. The summed E-state index contributed by atoms with van der Waals surface area (Å²) in [4.78, 5) is 4.77. The molecule has 4 rings (SSSR count). The first-order chi connectivity index (χ1) is 14.4. The van der Waals surface area contributed by atoms with Crippen molar-refractivity contribution in [1.29, 1.82) is 0 Å². The number of nitrogens with two attached hydrogens (primary N) is 1. The molecule has 30 heavy (non-hydrogen) atoms. The second-order valence-corrected chi connectivity index (χ2v) is 8.49. The number of nitrogens with zero attached hydrogens (tertiary/aromatic N) is 1. The van der Waals surface area contributed by atoms with E-state index in [1.54, 1.807) is 12.1 Å². The summed E-state index contributed by atoms with van der Waals surface area (Å²) in [6.45, 7) is 2.48. The van der Waals surface area contributed by atoms with Crippen LogP contribution in [0.3, 0.4) is 0 Å². The van der Waals surface area contributed by atoms with Gasteiger partial charge in [-0.25, -0.2) is 18.5 Å². The van der Waals surface area contributed by atoms with Gasteiger partial charge in [0.2, 0.25) is 10.0 Å². The van der Waals surface area contributed by atoms with Crippen molar-refractivity contribution in [3.63, 3.8) is 0 Å². The van der Waals surface area contributed by atoms with Crippen LogP contribution in [0.4, 0.5) is 5.82 Å². The SMILES string of the molecule is Cc1ccc(CNc2ccc3c(C=Cc4cccc(S(N)(=O)=O)c4)cccc3n2)o1. The van der Waals surface area contributed by atoms with Gasteiger partial charge in [-0.05, 0) is 60.5 Å². The maximum Gasteiger partial charge on any atom is 0.238 e. The lowest BCUT2D eigenvalue weighted by atomic mass is 10.1. The van der Waals surface area contributed by atoms with Crippen LogP contribution < -0.4 is 10.5 Å². The van der Waals surface area contributed by atoms with Crippen LogP contribution >= 0.6 is 0 Å². The van der Waals surface area contributed by atoms with Gasteiger partial charge in [-0.15, -0.1) is 0 Å². The molecule has 0 radical (unpaired) electrons. The minimum Gasteiger partial charge on any atom is -0.465 e. The zero-order valence-corrected chi connectivity index (χ0v) is 17.2. The fourth-order valence-corrected chi connectivity index (χ4v) is 3.73. The van der Waals surface area contributed by atoms with Gasteiger partial charge >= 0.3 is 0 Å². The fraction of sp³-hybridized carbons (Fsp3) is 0.0870. The van der Waals surface area contributed by atoms with Crippen molar-refractivity contribution in [2.45, 2.75) is 18.4 Å². The maximum absolute atomic E-state index is 11.5. The van der Waals surface area contributed by atoms with Crippen LogP contribution in [-0.4, -0.2) is 13.4 Å². The molecule has 0 aliphatic heterocycles. The number of sulfonamides is 1. The Morgan fingerprint density at radius 2 is 1.87 bits per heavy atom. The molecule has 0 saturated carbocycles.